The predicted octanol–water partition coefficient (Wildman–Crippen LogP) is 4.62. The van der Waals surface area contributed by atoms with Crippen LogP contribution in [0.2, 0.25) is 0 Å². The molecule has 0 aliphatic carbocycles. The standard InChI is InChI=1S/C20H14F3N3O2S/c21-20(22,23)15-4-1-5-16(10-15)25-19(28)17(9-13-3-2-7-24-11-13)26-18(27)14-6-8-29-12-14/h1-8,10-12H,9H2,(H,25,28). The first-order valence-corrected chi connectivity index (χ1v) is 9.29. The molecule has 1 N–H and O–H groups in total. The van der Waals surface area contributed by atoms with E-state index in [0.717, 1.165) is 12.1 Å². The largest absolute Gasteiger partial charge is 0.416 e. The number of pyridine rings is 1. The maximum atomic E-state index is 12.9. The average molecular weight is 417 g/mol. The summed E-state index contributed by atoms with van der Waals surface area (Å²) in [7, 11) is 0. The van der Waals surface area contributed by atoms with Crippen LogP contribution in [0, 0.1) is 0 Å². The zero-order valence-electron chi connectivity index (χ0n) is 14.8. The summed E-state index contributed by atoms with van der Waals surface area (Å²) in [6, 6.07) is 9.18. The number of carbonyl (C=O) groups excluding carboxylic acids is 2. The van der Waals surface area contributed by atoms with Crippen molar-refractivity contribution in [3.05, 3.63) is 82.3 Å². The number of nitrogens with zero attached hydrogens (tertiary/aromatic N) is 2. The van der Waals surface area contributed by atoms with E-state index in [9.17, 15) is 22.8 Å². The van der Waals surface area contributed by atoms with Crippen molar-refractivity contribution < 1.29 is 22.8 Å². The van der Waals surface area contributed by atoms with Crippen LogP contribution in [0.5, 0.6) is 0 Å². The molecule has 3 aromatic rings. The van der Waals surface area contributed by atoms with Crippen LogP contribution in [0.1, 0.15) is 21.5 Å². The van der Waals surface area contributed by atoms with Crippen molar-refractivity contribution in [3.63, 3.8) is 0 Å². The Morgan fingerprint density at radius 1 is 1.14 bits per heavy atom. The molecule has 2 aromatic heterocycles. The first-order valence-electron chi connectivity index (χ1n) is 8.34. The number of aromatic nitrogens is 1. The zero-order valence-corrected chi connectivity index (χ0v) is 15.6. The molecule has 29 heavy (non-hydrogen) atoms. The SMILES string of the molecule is O=C(Nc1cccc(C(F)(F)F)c1)C(Cc1cccnc1)=NC(=O)c1ccsc1. The van der Waals surface area contributed by atoms with Crippen LogP contribution in [0.25, 0.3) is 0 Å². The van der Waals surface area contributed by atoms with E-state index in [1.165, 1.54) is 29.7 Å². The molecular weight excluding hydrogens is 403 g/mol. The Bertz CT molecular complexity index is 1030. The first kappa shape index (κ1) is 20.4. The van der Waals surface area contributed by atoms with E-state index in [1.54, 1.807) is 35.2 Å². The van der Waals surface area contributed by atoms with Crippen LogP contribution < -0.4 is 5.32 Å². The molecule has 5 nitrogen and oxygen atoms in total. The molecule has 0 aliphatic rings. The third kappa shape index (κ3) is 5.58. The molecule has 2 heterocycles. The predicted molar refractivity (Wildman–Crippen MR) is 104 cm³/mol. The lowest BCUT2D eigenvalue weighted by molar-refractivity contribution is -0.137. The summed E-state index contributed by atoms with van der Waals surface area (Å²) >= 11 is 1.31. The van der Waals surface area contributed by atoms with Crippen molar-refractivity contribution in [1.29, 1.82) is 0 Å². The molecular formula is C20H14F3N3O2S. The highest BCUT2D eigenvalue weighted by molar-refractivity contribution is 7.08. The molecule has 0 bridgehead atoms. The van der Waals surface area contributed by atoms with Crippen molar-refractivity contribution in [1.82, 2.24) is 4.98 Å². The highest BCUT2D eigenvalue weighted by Crippen LogP contribution is 2.30. The number of aliphatic imine (C=N–C) groups is 1. The van der Waals surface area contributed by atoms with Crippen LogP contribution in [-0.4, -0.2) is 22.5 Å². The van der Waals surface area contributed by atoms with Crippen molar-refractivity contribution in [2.75, 3.05) is 5.32 Å². The normalized spacial score (nSPS) is 11.9. The van der Waals surface area contributed by atoms with E-state index in [0.29, 0.717) is 11.1 Å². The zero-order chi connectivity index (χ0) is 20.9. The molecule has 148 valence electrons. The fourth-order valence-corrected chi connectivity index (χ4v) is 3.05. The summed E-state index contributed by atoms with van der Waals surface area (Å²) in [6.45, 7) is 0. The minimum absolute atomic E-state index is 0.00544. The lowest BCUT2D eigenvalue weighted by Gasteiger charge is -2.11. The molecule has 0 saturated heterocycles. The fourth-order valence-electron chi connectivity index (χ4n) is 2.42. The summed E-state index contributed by atoms with van der Waals surface area (Å²) in [4.78, 5) is 32.9. The third-order valence-corrected chi connectivity index (χ3v) is 4.49. The van der Waals surface area contributed by atoms with Gasteiger partial charge in [-0.05, 0) is 41.3 Å². The Hall–Kier alpha value is -3.33. The van der Waals surface area contributed by atoms with Gasteiger partial charge in [0.15, 0.2) is 0 Å². The molecule has 9 heteroatoms. The Morgan fingerprint density at radius 2 is 1.97 bits per heavy atom. The summed E-state index contributed by atoms with van der Waals surface area (Å²) in [5.41, 5.74) is -0.122. The topological polar surface area (TPSA) is 71.4 Å². The van der Waals surface area contributed by atoms with E-state index in [-0.39, 0.29) is 17.8 Å². The number of hydrogen-bond acceptors (Lipinski definition) is 4. The number of benzene rings is 1. The highest BCUT2D eigenvalue weighted by Gasteiger charge is 2.30. The number of carbonyl (C=O) groups is 2. The summed E-state index contributed by atoms with van der Waals surface area (Å²) in [5, 5.41) is 5.68. The van der Waals surface area contributed by atoms with Gasteiger partial charge < -0.3 is 5.32 Å². The number of nitrogens with one attached hydrogen (secondary N) is 1. The molecule has 0 aliphatic heterocycles. The van der Waals surface area contributed by atoms with Gasteiger partial charge in [-0.1, -0.05) is 12.1 Å². The second kappa shape index (κ2) is 8.78. The second-order valence-corrected chi connectivity index (χ2v) is 6.73. The smallest absolute Gasteiger partial charge is 0.321 e. The van der Waals surface area contributed by atoms with Crippen LogP contribution >= 0.6 is 11.3 Å². The Labute approximate surface area is 167 Å². The van der Waals surface area contributed by atoms with Crippen molar-refractivity contribution in [2.45, 2.75) is 12.6 Å². The van der Waals surface area contributed by atoms with Gasteiger partial charge in [-0.3, -0.25) is 14.6 Å². The lowest BCUT2D eigenvalue weighted by atomic mass is 10.1. The molecule has 0 saturated carbocycles. The molecule has 0 spiro atoms. The number of thiophene rings is 1. The molecule has 0 unspecified atom stereocenters. The molecule has 0 radical (unpaired) electrons. The van der Waals surface area contributed by atoms with E-state index < -0.39 is 23.6 Å². The molecule has 3 rings (SSSR count). The number of anilines is 1. The van der Waals surface area contributed by atoms with Gasteiger partial charge in [0.05, 0.1) is 11.1 Å². The molecule has 2 amide bonds. The Balaban J connectivity index is 1.87. The number of hydrogen-bond donors (Lipinski definition) is 1. The average Bonchev–Trinajstić information content (AvgIpc) is 3.23. The highest BCUT2D eigenvalue weighted by atomic mass is 32.1. The maximum Gasteiger partial charge on any atom is 0.416 e. The van der Waals surface area contributed by atoms with Gasteiger partial charge in [0.25, 0.3) is 11.8 Å². The van der Waals surface area contributed by atoms with Gasteiger partial charge in [0.1, 0.15) is 5.71 Å². The minimum atomic E-state index is -4.54. The summed E-state index contributed by atoms with van der Waals surface area (Å²) in [6.07, 6.45) is -1.47. The van der Waals surface area contributed by atoms with E-state index in [2.05, 4.69) is 15.3 Å². The molecule has 1 aromatic carbocycles. The van der Waals surface area contributed by atoms with Crippen molar-refractivity contribution >= 4 is 34.6 Å². The number of amides is 2. The third-order valence-electron chi connectivity index (χ3n) is 3.81. The van der Waals surface area contributed by atoms with Gasteiger partial charge in [0, 0.05) is 29.9 Å². The molecule has 0 fully saturated rings. The summed E-state index contributed by atoms with van der Waals surface area (Å²) in [5.74, 6) is -1.37. The van der Waals surface area contributed by atoms with Gasteiger partial charge in [-0.25, -0.2) is 4.99 Å². The number of halogens is 3. The quantitative estimate of drug-likeness (QED) is 0.616. The fraction of sp³-hybridized carbons (Fsp3) is 0.100. The lowest BCUT2D eigenvalue weighted by Crippen LogP contribution is -2.26. The van der Waals surface area contributed by atoms with E-state index in [4.69, 9.17) is 0 Å². The number of alkyl halides is 3. The van der Waals surface area contributed by atoms with E-state index >= 15 is 0 Å². The number of rotatable bonds is 5. The summed E-state index contributed by atoms with van der Waals surface area (Å²) < 4.78 is 38.7. The van der Waals surface area contributed by atoms with E-state index in [1.807, 2.05) is 0 Å². The molecule has 0 atom stereocenters. The van der Waals surface area contributed by atoms with Crippen LogP contribution in [-0.2, 0) is 17.4 Å². The maximum absolute atomic E-state index is 12.9. The second-order valence-electron chi connectivity index (χ2n) is 5.95. The van der Waals surface area contributed by atoms with Gasteiger partial charge in [-0.2, -0.15) is 24.5 Å². The Morgan fingerprint density at radius 3 is 2.62 bits per heavy atom. The first-order chi connectivity index (χ1) is 13.8. The van der Waals surface area contributed by atoms with Crippen molar-refractivity contribution in [2.24, 2.45) is 4.99 Å². The van der Waals surface area contributed by atoms with Gasteiger partial charge >= 0.3 is 6.18 Å². The monoisotopic (exact) mass is 417 g/mol. The van der Waals surface area contributed by atoms with Gasteiger partial charge in [0.2, 0.25) is 0 Å². The van der Waals surface area contributed by atoms with Crippen molar-refractivity contribution in [3.8, 4) is 0 Å². The van der Waals surface area contributed by atoms with Crippen LogP contribution in [0.4, 0.5) is 18.9 Å². The Kier molecular flexibility index (Phi) is 6.18. The van der Waals surface area contributed by atoms with Gasteiger partial charge in [-0.15, -0.1) is 0 Å². The van der Waals surface area contributed by atoms with Crippen LogP contribution in [0.15, 0.2) is 70.6 Å². The van der Waals surface area contributed by atoms with Crippen LogP contribution in [0.3, 0.4) is 0 Å². The minimum Gasteiger partial charge on any atom is -0.321 e.